The number of nitrogens with zero attached hydrogens (tertiary/aromatic N) is 2. The Labute approximate surface area is 274 Å². The maximum Gasteiger partial charge on any atom is 0.356 e. The van der Waals surface area contributed by atoms with Crippen LogP contribution in [-0.2, 0) is 54.1 Å². The molecule has 0 radical (unpaired) electrons. The average Bonchev–Trinajstić information content (AvgIpc) is 3.34. The highest BCUT2D eigenvalue weighted by atomic mass is 35.5. The van der Waals surface area contributed by atoms with Crippen LogP contribution in [0.2, 0.25) is 10.0 Å². The van der Waals surface area contributed by atoms with E-state index in [1.165, 1.54) is 52.0 Å². The highest BCUT2D eigenvalue weighted by molar-refractivity contribution is 7.92. The van der Waals surface area contributed by atoms with Crippen LogP contribution in [0, 0.1) is 10.8 Å². The zero-order chi connectivity index (χ0) is 34.0. The van der Waals surface area contributed by atoms with Crippen LogP contribution < -0.4 is 9.21 Å². The number of amides is 1. The van der Waals surface area contributed by atoms with Crippen LogP contribution >= 0.6 is 31.9 Å². The first-order chi connectivity index (χ1) is 20.7. The molecule has 0 aromatic heterocycles. The minimum atomic E-state index is -4.60. The van der Waals surface area contributed by atoms with Crippen molar-refractivity contribution in [2.24, 2.45) is 10.8 Å². The number of hydrogen-bond acceptors (Lipinski definition) is 10. The van der Waals surface area contributed by atoms with E-state index in [2.05, 4.69) is 0 Å². The van der Waals surface area contributed by atoms with Gasteiger partial charge in [-0.05, 0) is 89.9 Å². The maximum absolute atomic E-state index is 14.3. The topological polar surface area (TPSA) is 146 Å². The van der Waals surface area contributed by atoms with Gasteiger partial charge in [0.1, 0.15) is 6.54 Å². The van der Waals surface area contributed by atoms with E-state index in [1.54, 1.807) is 37.8 Å². The molecule has 1 aliphatic heterocycles. The summed E-state index contributed by atoms with van der Waals surface area (Å²) in [4.78, 5) is 39.0. The third-order valence-corrected chi connectivity index (χ3v) is 9.20. The molecule has 1 amide bonds. The minimum Gasteiger partial charge on any atom is -0.438 e. The van der Waals surface area contributed by atoms with Gasteiger partial charge < -0.3 is 14.4 Å². The van der Waals surface area contributed by atoms with Crippen molar-refractivity contribution in [3.05, 3.63) is 52.0 Å². The SMILES string of the molecule is CC(=O)N1CCc2cc(N(CC(OCOC(=O)C(C)(C)C)(O[PH2]=O)OC(=O)C(C)(C)C)S(=O)(=O)c3cc(Cl)cc(Cl)c3)ccc21. The molecule has 2 aromatic carbocycles. The number of hydrogen-bond donors (Lipinski definition) is 0. The maximum atomic E-state index is 14.3. The van der Waals surface area contributed by atoms with Crippen LogP contribution in [0.4, 0.5) is 11.4 Å². The fourth-order valence-electron chi connectivity index (χ4n) is 4.13. The second kappa shape index (κ2) is 14.0. The molecular formula is C29H37Cl2N2O10PS. The normalized spacial score (nSPS) is 15.1. The average molecular weight is 708 g/mol. The van der Waals surface area contributed by atoms with Crippen LogP contribution in [0.3, 0.4) is 0 Å². The van der Waals surface area contributed by atoms with E-state index in [4.69, 9.17) is 41.9 Å². The third kappa shape index (κ3) is 8.99. The minimum absolute atomic E-state index is 0.0306. The van der Waals surface area contributed by atoms with E-state index < -0.39 is 60.8 Å². The molecule has 0 N–H and O–H groups in total. The quantitative estimate of drug-likeness (QED) is 0.165. The molecule has 2 unspecified atom stereocenters. The van der Waals surface area contributed by atoms with Crippen molar-refractivity contribution in [3.63, 3.8) is 0 Å². The second-order valence-electron chi connectivity index (χ2n) is 12.3. The summed E-state index contributed by atoms with van der Waals surface area (Å²) in [5.74, 6) is -4.41. The predicted molar refractivity (Wildman–Crippen MR) is 170 cm³/mol. The Hall–Kier alpha value is -2.67. The van der Waals surface area contributed by atoms with Gasteiger partial charge in [-0.15, -0.1) is 0 Å². The summed E-state index contributed by atoms with van der Waals surface area (Å²) in [6, 6.07) is 8.29. The number of anilines is 2. The predicted octanol–water partition coefficient (Wildman–Crippen LogP) is 5.59. The van der Waals surface area contributed by atoms with Crippen LogP contribution in [0.5, 0.6) is 0 Å². The zero-order valence-electron chi connectivity index (χ0n) is 26.0. The largest absolute Gasteiger partial charge is 0.438 e. The summed E-state index contributed by atoms with van der Waals surface area (Å²) in [5.41, 5.74) is -0.749. The lowest BCUT2D eigenvalue weighted by Crippen LogP contribution is -2.52. The highest BCUT2D eigenvalue weighted by Crippen LogP contribution is 2.37. The molecule has 45 heavy (non-hydrogen) atoms. The molecule has 3 rings (SSSR count). The molecule has 0 bridgehead atoms. The van der Waals surface area contributed by atoms with Gasteiger partial charge in [0.05, 0.1) is 21.4 Å². The fraction of sp³-hybridized carbons (Fsp3) is 0.483. The van der Waals surface area contributed by atoms with E-state index in [0.29, 0.717) is 24.2 Å². The first kappa shape index (κ1) is 36.8. The van der Waals surface area contributed by atoms with E-state index in [9.17, 15) is 27.4 Å². The van der Waals surface area contributed by atoms with Crippen molar-refractivity contribution in [3.8, 4) is 0 Å². The number of sulfonamides is 1. The number of benzene rings is 2. The van der Waals surface area contributed by atoms with Crippen LogP contribution in [0.25, 0.3) is 0 Å². The molecule has 1 heterocycles. The van der Waals surface area contributed by atoms with Gasteiger partial charge in [-0.25, -0.2) is 8.42 Å². The highest BCUT2D eigenvalue weighted by Gasteiger charge is 2.46. The molecule has 0 fully saturated rings. The summed E-state index contributed by atoms with van der Waals surface area (Å²) >= 11 is 12.3. The first-order valence-corrected chi connectivity index (χ1v) is 16.9. The van der Waals surface area contributed by atoms with Crippen molar-refractivity contribution in [2.45, 2.75) is 65.8 Å². The lowest BCUT2D eigenvalue weighted by molar-refractivity contribution is -0.338. The lowest BCUT2D eigenvalue weighted by Gasteiger charge is -2.37. The molecule has 0 spiro atoms. The summed E-state index contributed by atoms with van der Waals surface area (Å²) < 4.78 is 63.4. The van der Waals surface area contributed by atoms with Crippen molar-refractivity contribution >= 4 is 71.1 Å². The number of ether oxygens (including phenoxy) is 3. The van der Waals surface area contributed by atoms with Gasteiger partial charge in [0.2, 0.25) is 5.91 Å². The van der Waals surface area contributed by atoms with E-state index in [1.807, 2.05) is 0 Å². The van der Waals surface area contributed by atoms with E-state index in [0.717, 1.165) is 4.31 Å². The Morgan fingerprint density at radius 2 is 1.56 bits per heavy atom. The molecular weight excluding hydrogens is 670 g/mol. The molecule has 2 atom stereocenters. The van der Waals surface area contributed by atoms with Gasteiger partial charge in [0.15, 0.2) is 15.5 Å². The first-order valence-electron chi connectivity index (χ1n) is 13.8. The smallest absolute Gasteiger partial charge is 0.356 e. The Kier molecular flexibility index (Phi) is 11.4. The number of rotatable bonds is 11. The number of carbonyl (C=O) groups is 3. The number of fused-ring (bicyclic) bond motifs is 1. The monoisotopic (exact) mass is 706 g/mol. The Balaban J connectivity index is 2.21. The number of esters is 2. The van der Waals surface area contributed by atoms with Gasteiger partial charge in [-0.2, -0.15) is 0 Å². The molecule has 1 aliphatic rings. The molecule has 248 valence electrons. The van der Waals surface area contributed by atoms with Crippen molar-refractivity contribution in [2.75, 3.05) is 29.1 Å². The lowest BCUT2D eigenvalue weighted by atomic mass is 9.97. The van der Waals surface area contributed by atoms with E-state index in [-0.39, 0.29) is 26.5 Å². The van der Waals surface area contributed by atoms with Crippen LogP contribution in [0.15, 0.2) is 41.3 Å². The summed E-state index contributed by atoms with van der Waals surface area (Å²) in [6.45, 7) is 9.48. The molecule has 16 heteroatoms. The standard InChI is InChI=1S/C29H37Cl2N2O10PS/c1-18(34)32-11-10-19-12-22(8-9-24(19)32)33(45(38,39)23-14-20(30)13-21(31)15-23)16-29(43-44-37,42-26(36)28(5,6)7)41-17-40-25(35)27(2,3)4/h8-9,12-15H,10-11,16-17,44H2,1-7H3. The van der Waals surface area contributed by atoms with Gasteiger partial charge in [-0.1, -0.05) is 23.2 Å². The Morgan fingerprint density at radius 3 is 2.09 bits per heavy atom. The number of halogens is 2. The van der Waals surface area contributed by atoms with Crippen molar-refractivity contribution < 1.29 is 46.1 Å². The molecule has 12 nitrogen and oxygen atoms in total. The zero-order valence-corrected chi connectivity index (χ0v) is 29.5. The summed E-state index contributed by atoms with van der Waals surface area (Å²) in [6.07, 6.45) is 0.435. The van der Waals surface area contributed by atoms with Gasteiger partial charge in [-0.3, -0.25) is 32.5 Å². The van der Waals surface area contributed by atoms with Crippen molar-refractivity contribution in [1.29, 1.82) is 0 Å². The molecule has 2 aromatic rings. The van der Waals surface area contributed by atoms with Crippen LogP contribution in [-0.4, -0.2) is 52.1 Å². The summed E-state index contributed by atoms with van der Waals surface area (Å²) in [5, 5.41) is 0.0613. The van der Waals surface area contributed by atoms with Crippen LogP contribution in [0.1, 0.15) is 54.0 Å². The Morgan fingerprint density at radius 1 is 0.956 bits per heavy atom. The van der Waals surface area contributed by atoms with Gasteiger partial charge >= 0.3 is 17.9 Å². The Bertz CT molecular complexity index is 1570. The van der Waals surface area contributed by atoms with E-state index >= 15 is 0 Å². The van der Waals surface area contributed by atoms with Gasteiger partial charge in [0, 0.05) is 29.2 Å². The summed E-state index contributed by atoms with van der Waals surface area (Å²) in [7, 11) is -6.77. The fourth-order valence-corrected chi connectivity index (χ4v) is 6.64. The third-order valence-electron chi connectivity index (χ3n) is 6.56. The van der Waals surface area contributed by atoms with Crippen molar-refractivity contribution in [1.82, 2.24) is 0 Å². The molecule has 0 aliphatic carbocycles. The molecule has 0 saturated heterocycles. The van der Waals surface area contributed by atoms with Gasteiger partial charge in [0.25, 0.3) is 10.0 Å². The number of carbonyl (C=O) groups excluding carboxylic acids is 3. The second-order valence-corrected chi connectivity index (χ2v) is 15.5. The molecule has 0 saturated carbocycles.